The molecular weight excluding hydrogens is 210 g/mol. The summed E-state index contributed by atoms with van der Waals surface area (Å²) in [7, 11) is 1.75. The van der Waals surface area contributed by atoms with Crippen LogP contribution in [0.25, 0.3) is 0 Å². The zero-order chi connectivity index (χ0) is 12.3. The summed E-state index contributed by atoms with van der Waals surface area (Å²) in [5.41, 5.74) is 1.86. The van der Waals surface area contributed by atoms with Gasteiger partial charge in [-0.1, -0.05) is 36.2 Å². The van der Waals surface area contributed by atoms with E-state index in [1.54, 1.807) is 7.05 Å². The number of hydrogen-bond acceptors (Lipinski definition) is 2. The van der Waals surface area contributed by atoms with Gasteiger partial charge < -0.3 is 0 Å². The van der Waals surface area contributed by atoms with E-state index in [4.69, 9.17) is 0 Å². The molecule has 0 saturated heterocycles. The number of aryl methyl sites for hydroxylation is 1. The molecule has 2 heteroatoms. The van der Waals surface area contributed by atoms with Crippen molar-refractivity contribution in [3.05, 3.63) is 35.4 Å². The second-order valence-electron chi connectivity index (χ2n) is 4.85. The van der Waals surface area contributed by atoms with E-state index in [0.717, 1.165) is 24.8 Å². The highest BCUT2D eigenvalue weighted by Gasteiger charge is 2.39. The summed E-state index contributed by atoms with van der Waals surface area (Å²) >= 11 is 0. The Morgan fingerprint density at radius 1 is 1.24 bits per heavy atom. The van der Waals surface area contributed by atoms with E-state index in [-0.39, 0.29) is 0 Å². The van der Waals surface area contributed by atoms with Gasteiger partial charge in [0.05, 0.1) is 5.41 Å². The van der Waals surface area contributed by atoms with Crippen molar-refractivity contribution in [1.29, 1.82) is 0 Å². The zero-order valence-electron chi connectivity index (χ0n) is 10.6. The van der Waals surface area contributed by atoms with Crippen LogP contribution in [0.2, 0.25) is 0 Å². The minimum atomic E-state index is -0.458. The van der Waals surface area contributed by atoms with Gasteiger partial charge in [0, 0.05) is 19.7 Å². The molecule has 0 aromatic heterocycles. The van der Waals surface area contributed by atoms with Gasteiger partial charge in [-0.25, -0.2) is 0 Å². The normalized spacial score (nSPS) is 25.4. The molecule has 0 unspecified atom stereocenters. The topological polar surface area (TPSA) is 29.4 Å². The summed E-state index contributed by atoms with van der Waals surface area (Å²) in [6, 6.07) is 8.28. The second-order valence-corrected chi connectivity index (χ2v) is 4.85. The number of benzene rings is 1. The van der Waals surface area contributed by atoms with Crippen LogP contribution in [-0.2, 0) is 10.2 Å². The van der Waals surface area contributed by atoms with Crippen molar-refractivity contribution >= 4 is 12.0 Å². The molecule has 90 valence electrons. The average molecular weight is 229 g/mol. The Kier molecular flexibility index (Phi) is 3.41. The third-order valence-corrected chi connectivity index (χ3v) is 3.64. The Hall–Kier alpha value is -1.44. The Morgan fingerprint density at radius 2 is 1.94 bits per heavy atom. The third kappa shape index (κ3) is 2.17. The molecule has 0 radical (unpaired) electrons. The fourth-order valence-electron chi connectivity index (χ4n) is 2.64. The molecule has 2 nitrogen and oxygen atoms in total. The van der Waals surface area contributed by atoms with E-state index in [2.05, 4.69) is 36.2 Å². The van der Waals surface area contributed by atoms with Crippen LogP contribution >= 0.6 is 0 Å². The molecule has 0 N–H and O–H groups in total. The number of carbonyl (C=O) groups is 1. The zero-order valence-corrected chi connectivity index (χ0v) is 10.6. The smallest absolute Gasteiger partial charge is 0.148 e. The van der Waals surface area contributed by atoms with Gasteiger partial charge in [0.2, 0.25) is 0 Å². The van der Waals surface area contributed by atoms with Gasteiger partial charge in [-0.15, -0.1) is 0 Å². The Morgan fingerprint density at radius 3 is 2.53 bits per heavy atom. The molecule has 1 aromatic rings. The van der Waals surface area contributed by atoms with E-state index in [0.29, 0.717) is 12.2 Å². The van der Waals surface area contributed by atoms with Crippen molar-refractivity contribution in [1.82, 2.24) is 0 Å². The molecule has 0 amide bonds. The van der Waals surface area contributed by atoms with Crippen molar-refractivity contribution in [2.45, 2.75) is 38.0 Å². The first-order chi connectivity index (χ1) is 8.19. The fraction of sp³-hybridized carbons (Fsp3) is 0.467. The lowest BCUT2D eigenvalue weighted by Crippen LogP contribution is -2.40. The van der Waals surface area contributed by atoms with E-state index < -0.39 is 5.41 Å². The molecule has 0 aliphatic heterocycles. The van der Waals surface area contributed by atoms with Crippen LogP contribution in [-0.4, -0.2) is 19.0 Å². The number of nitrogens with zero attached hydrogens (tertiary/aromatic N) is 1. The van der Waals surface area contributed by atoms with Gasteiger partial charge in [-0.05, 0) is 25.3 Å². The fourth-order valence-corrected chi connectivity index (χ4v) is 2.64. The number of carbonyl (C=O) groups excluding carboxylic acids is 1. The highest BCUT2D eigenvalue weighted by atomic mass is 16.1. The lowest BCUT2D eigenvalue weighted by atomic mass is 9.69. The number of Topliss-reactive ketones (excluding diaryl/α,β-unsaturated/α-hetero) is 1. The maximum atomic E-state index is 12.3. The maximum absolute atomic E-state index is 12.3. The van der Waals surface area contributed by atoms with Crippen molar-refractivity contribution in [3.8, 4) is 0 Å². The van der Waals surface area contributed by atoms with E-state index in [1.165, 1.54) is 5.56 Å². The lowest BCUT2D eigenvalue weighted by Gasteiger charge is -2.32. The average Bonchev–Trinajstić information content (AvgIpc) is 2.33. The first-order valence-electron chi connectivity index (χ1n) is 6.23. The minimum Gasteiger partial charge on any atom is -0.299 e. The monoisotopic (exact) mass is 229 g/mol. The number of rotatable bonds is 2. The molecule has 0 heterocycles. The summed E-state index contributed by atoms with van der Waals surface area (Å²) in [6.45, 7) is 2.06. The molecule has 0 spiro atoms. The first kappa shape index (κ1) is 12.0. The molecular formula is C15H19NO. The second kappa shape index (κ2) is 4.82. The van der Waals surface area contributed by atoms with Crippen LogP contribution in [0.15, 0.2) is 29.3 Å². The number of hydrogen-bond donors (Lipinski definition) is 0. The molecule has 2 rings (SSSR count). The number of aliphatic imine (C=N–C) groups is 1. The number of ketones is 1. The molecule has 1 aromatic carbocycles. The minimum absolute atomic E-state index is 0.318. The van der Waals surface area contributed by atoms with Gasteiger partial charge in [0.25, 0.3) is 0 Å². The van der Waals surface area contributed by atoms with Crippen molar-refractivity contribution in [3.63, 3.8) is 0 Å². The first-order valence-corrected chi connectivity index (χ1v) is 6.23. The quantitative estimate of drug-likeness (QED) is 0.717. The molecule has 1 aliphatic rings. The third-order valence-electron chi connectivity index (χ3n) is 3.64. The maximum Gasteiger partial charge on any atom is 0.148 e. The Labute approximate surface area is 103 Å². The van der Waals surface area contributed by atoms with Crippen molar-refractivity contribution in [2.75, 3.05) is 7.05 Å². The molecule has 17 heavy (non-hydrogen) atoms. The molecule has 1 atom stereocenters. The van der Waals surface area contributed by atoms with Gasteiger partial charge in [-0.3, -0.25) is 9.79 Å². The van der Waals surface area contributed by atoms with Crippen LogP contribution in [0.4, 0.5) is 0 Å². The predicted octanol–water partition coefficient (Wildman–Crippen LogP) is 3.08. The van der Waals surface area contributed by atoms with E-state index >= 15 is 0 Å². The SMILES string of the molecule is C/N=C\[C@]1(c2ccc(C)cc2)CCCCC1=O. The predicted molar refractivity (Wildman–Crippen MR) is 70.7 cm³/mol. The van der Waals surface area contributed by atoms with Gasteiger partial charge in [0.15, 0.2) is 0 Å². The lowest BCUT2D eigenvalue weighted by molar-refractivity contribution is -0.123. The van der Waals surface area contributed by atoms with Gasteiger partial charge in [-0.2, -0.15) is 0 Å². The summed E-state index contributed by atoms with van der Waals surface area (Å²) in [4.78, 5) is 16.4. The van der Waals surface area contributed by atoms with E-state index in [9.17, 15) is 4.79 Å². The van der Waals surface area contributed by atoms with Gasteiger partial charge in [0.1, 0.15) is 5.78 Å². The Bertz CT molecular complexity index is 433. The summed E-state index contributed by atoms with van der Waals surface area (Å²) in [5, 5.41) is 0. The molecule has 1 aliphatic carbocycles. The standard InChI is InChI=1S/C15H19NO/c1-12-6-8-13(9-7-12)15(11-16-2)10-4-3-5-14(15)17/h6-9,11H,3-5,10H2,1-2H3/b16-11-/t15-/m0/s1. The van der Waals surface area contributed by atoms with Crippen LogP contribution in [0, 0.1) is 6.92 Å². The van der Waals surface area contributed by atoms with E-state index in [1.807, 2.05) is 6.21 Å². The van der Waals surface area contributed by atoms with Crippen molar-refractivity contribution < 1.29 is 4.79 Å². The summed E-state index contributed by atoms with van der Waals surface area (Å²) in [5.74, 6) is 0.318. The Balaban J connectivity index is 2.46. The molecule has 0 bridgehead atoms. The summed E-state index contributed by atoms with van der Waals surface area (Å²) < 4.78 is 0. The van der Waals surface area contributed by atoms with Crippen LogP contribution in [0.1, 0.15) is 36.8 Å². The molecule has 1 fully saturated rings. The largest absolute Gasteiger partial charge is 0.299 e. The van der Waals surface area contributed by atoms with Crippen LogP contribution < -0.4 is 0 Å². The highest BCUT2D eigenvalue weighted by molar-refractivity contribution is 6.06. The van der Waals surface area contributed by atoms with Crippen molar-refractivity contribution in [2.24, 2.45) is 4.99 Å². The summed E-state index contributed by atoms with van der Waals surface area (Å²) in [6.07, 6.45) is 5.54. The van der Waals surface area contributed by atoms with Crippen LogP contribution in [0.3, 0.4) is 0 Å². The highest BCUT2D eigenvalue weighted by Crippen LogP contribution is 2.35. The van der Waals surface area contributed by atoms with Gasteiger partial charge >= 0.3 is 0 Å². The molecule has 1 saturated carbocycles. The van der Waals surface area contributed by atoms with Crippen LogP contribution in [0.5, 0.6) is 0 Å².